The van der Waals surface area contributed by atoms with Gasteiger partial charge in [0, 0.05) is 21.7 Å². The molecule has 5 heteroatoms. The molecule has 0 aliphatic carbocycles. The van der Waals surface area contributed by atoms with Crippen molar-refractivity contribution in [3.05, 3.63) is 88.4 Å². The molecule has 0 aliphatic heterocycles. The zero-order chi connectivity index (χ0) is 19.3. The molecule has 0 radical (unpaired) electrons. The molecule has 4 aromatic rings. The van der Waals surface area contributed by atoms with Crippen molar-refractivity contribution < 1.29 is 4.79 Å². The van der Waals surface area contributed by atoms with Gasteiger partial charge >= 0.3 is 0 Å². The molecule has 0 saturated carbocycles. The van der Waals surface area contributed by atoms with E-state index >= 15 is 0 Å². The molecule has 0 unspecified atom stereocenters. The zero-order valence-electron chi connectivity index (χ0n) is 15.5. The van der Waals surface area contributed by atoms with E-state index in [9.17, 15) is 4.79 Å². The van der Waals surface area contributed by atoms with Crippen LogP contribution in [-0.2, 0) is 17.0 Å². The number of benzene rings is 3. The molecule has 140 valence electrons. The zero-order valence-corrected chi connectivity index (χ0v) is 17.1. The van der Waals surface area contributed by atoms with E-state index in [0.29, 0.717) is 6.42 Å². The lowest BCUT2D eigenvalue weighted by atomic mass is 10.1. The van der Waals surface area contributed by atoms with Crippen molar-refractivity contribution in [3.63, 3.8) is 0 Å². The van der Waals surface area contributed by atoms with Gasteiger partial charge in [-0.3, -0.25) is 4.79 Å². The third-order valence-electron chi connectivity index (χ3n) is 4.44. The average molecular weight is 405 g/mol. The normalized spacial score (nSPS) is 10.9. The highest BCUT2D eigenvalue weighted by molar-refractivity contribution is 7.98. The number of rotatable bonds is 6. The Labute approximate surface area is 172 Å². The molecule has 1 aromatic heterocycles. The van der Waals surface area contributed by atoms with E-state index in [2.05, 4.69) is 52.8 Å². The van der Waals surface area contributed by atoms with Crippen LogP contribution in [-0.4, -0.2) is 10.9 Å². The number of nitrogens with zero attached hydrogens (tertiary/aromatic N) is 1. The summed E-state index contributed by atoms with van der Waals surface area (Å²) >= 11 is 3.31. The van der Waals surface area contributed by atoms with Gasteiger partial charge in [0.15, 0.2) is 0 Å². The van der Waals surface area contributed by atoms with Crippen molar-refractivity contribution in [2.75, 3.05) is 5.32 Å². The van der Waals surface area contributed by atoms with Crippen molar-refractivity contribution >= 4 is 45.5 Å². The van der Waals surface area contributed by atoms with Gasteiger partial charge in [0.2, 0.25) is 5.91 Å². The van der Waals surface area contributed by atoms with Crippen LogP contribution in [0.2, 0.25) is 0 Å². The second-order valence-corrected chi connectivity index (χ2v) is 8.56. The van der Waals surface area contributed by atoms with Crippen LogP contribution in [0.15, 0.2) is 77.0 Å². The average Bonchev–Trinajstić information content (AvgIpc) is 3.15. The van der Waals surface area contributed by atoms with Crippen molar-refractivity contribution in [1.82, 2.24) is 4.98 Å². The van der Waals surface area contributed by atoms with Gasteiger partial charge in [-0.25, -0.2) is 4.98 Å². The number of thioether (sulfide) groups is 1. The molecule has 0 bridgehead atoms. The number of amides is 1. The van der Waals surface area contributed by atoms with Gasteiger partial charge in [0.1, 0.15) is 5.01 Å². The highest BCUT2D eigenvalue weighted by atomic mass is 32.2. The lowest BCUT2D eigenvalue weighted by Gasteiger charge is -2.06. The van der Waals surface area contributed by atoms with Crippen molar-refractivity contribution in [1.29, 1.82) is 0 Å². The number of para-hydroxylation sites is 1. The Balaban J connectivity index is 1.34. The van der Waals surface area contributed by atoms with Crippen LogP contribution in [0, 0.1) is 6.92 Å². The molecular weight excluding hydrogens is 384 g/mol. The minimum Gasteiger partial charge on any atom is -0.325 e. The fraction of sp³-hybridized carbons (Fsp3) is 0.130. The Morgan fingerprint density at radius 3 is 2.68 bits per heavy atom. The van der Waals surface area contributed by atoms with E-state index in [1.165, 1.54) is 15.7 Å². The topological polar surface area (TPSA) is 42.0 Å². The van der Waals surface area contributed by atoms with Crippen LogP contribution >= 0.6 is 23.1 Å². The number of anilines is 1. The summed E-state index contributed by atoms with van der Waals surface area (Å²) in [6.45, 7) is 1.99. The molecule has 0 spiro atoms. The van der Waals surface area contributed by atoms with Crippen LogP contribution < -0.4 is 5.32 Å². The number of hydrogen-bond acceptors (Lipinski definition) is 4. The third kappa shape index (κ3) is 4.61. The maximum Gasteiger partial charge on any atom is 0.231 e. The van der Waals surface area contributed by atoms with Crippen LogP contribution in [0.1, 0.15) is 16.3 Å². The SMILES string of the molecule is Cc1ccccc1NC(=O)Cc1nc(CSc2ccc3ccccc3c2)cs1. The second kappa shape index (κ2) is 8.59. The van der Waals surface area contributed by atoms with Crippen LogP contribution in [0.5, 0.6) is 0 Å². The van der Waals surface area contributed by atoms with Crippen LogP contribution in [0.25, 0.3) is 10.8 Å². The first-order valence-electron chi connectivity index (χ1n) is 9.08. The number of fused-ring (bicyclic) bond motifs is 1. The van der Waals surface area contributed by atoms with Crippen molar-refractivity contribution in [2.24, 2.45) is 0 Å². The summed E-state index contributed by atoms with van der Waals surface area (Å²) in [5.74, 6) is 0.770. The smallest absolute Gasteiger partial charge is 0.231 e. The van der Waals surface area contributed by atoms with Crippen molar-refractivity contribution in [3.8, 4) is 0 Å². The van der Waals surface area contributed by atoms with E-state index in [1.54, 1.807) is 23.1 Å². The van der Waals surface area contributed by atoms with Gasteiger partial charge in [-0.15, -0.1) is 23.1 Å². The van der Waals surface area contributed by atoms with E-state index in [4.69, 9.17) is 0 Å². The minimum absolute atomic E-state index is 0.0302. The van der Waals surface area contributed by atoms with Gasteiger partial charge < -0.3 is 5.32 Å². The summed E-state index contributed by atoms with van der Waals surface area (Å²) in [6, 6.07) is 22.7. The van der Waals surface area contributed by atoms with Crippen molar-refractivity contribution in [2.45, 2.75) is 24.0 Å². The number of carbonyl (C=O) groups is 1. The van der Waals surface area contributed by atoms with E-state index in [-0.39, 0.29) is 5.91 Å². The lowest BCUT2D eigenvalue weighted by Crippen LogP contribution is -2.15. The summed E-state index contributed by atoms with van der Waals surface area (Å²) in [4.78, 5) is 18.2. The molecule has 1 heterocycles. The van der Waals surface area contributed by atoms with Crippen LogP contribution in [0.4, 0.5) is 5.69 Å². The lowest BCUT2D eigenvalue weighted by molar-refractivity contribution is -0.115. The van der Waals surface area contributed by atoms with E-state index < -0.39 is 0 Å². The molecule has 28 heavy (non-hydrogen) atoms. The molecule has 3 nitrogen and oxygen atoms in total. The fourth-order valence-electron chi connectivity index (χ4n) is 2.96. The molecule has 0 atom stereocenters. The van der Waals surface area contributed by atoms with Crippen LogP contribution in [0.3, 0.4) is 0 Å². The number of nitrogens with one attached hydrogen (secondary N) is 1. The Bertz CT molecular complexity index is 1120. The number of hydrogen-bond donors (Lipinski definition) is 1. The second-order valence-electron chi connectivity index (χ2n) is 6.57. The van der Waals surface area contributed by atoms with E-state index in [0.717, 1.165) is 27.7 Å². The fourth-order valence-corrected chi connectivity index (χ4v) is 4.69. The maximum atomic E-state index is 12.3. The minimum atomic E-state index is -0.0302. The first-order chi connectivity index (χ1) is 13.7. The predicted octanol–water partition coefficient (Wildman–Crippen LogP) is 6.08. The maximum absolute atomic E-state index is 12.3. The number of aromatic nitrogens is 1. The summed E-state index contributed by atoms with van der Waals surface area (Å²) < 4.78 is 0. The summed E-state index contributed by atoms with van der Waals surface area (Å²) in [5, 5.41) is 8.36. The first-order valence-corrected chi connectivity index (χ1v) is 10.9. The van der Waals surface area contributed by atoms with Gasteiger partial charge in [0.05, 0.1) is 12.1 Å². The van der Waals surface area contributed by atoms with Gasteiger partial charge in [0.25, 0.3) is 0 Å². The summed E-state index contributed by atoms with van der Waals surface area (Å²) in [7, 11) is 0. The number of thiazole rings is 1. The Hall–Kier alpha value is -2.63. The molecule has 1 N–H and O–H groups in total. The van der Waals surface area contributed by atoms with Gasteiger partial charge in [-0.2, -0.15) is 0 Å². The molecule has 3 aromatic carbocycles. The molecule has 0 saturated heterocycles. The van der Waals surface area contributed by atoms with E-state index in [1.807, 2.05) is 36.6 Å². The standard InChI is InChI=1S/C23H20N2OS2/c1-16-6-2-5-9-21(16)25-22(26)13-23-24-19(15-28-23)14-27-20-11-10-17-7-3-4-8-18(17)12-20/h2-12,15H,13-14H2,1H3,(H,25,26). The molecule has 1 amide bonds. The monoisotopic (exact) mass is 404 g/mol. The third-order valence-corrected chi connectivity index (χ3v) is 6.36. The molecular formula is C23H20N2OS2. The predicted molar refractivity (Wildman–Crippen MR) is 119 cm³/mol. The first kappa shape index (κ1) is 18.7. The quantitative estimate of drug-likeness (QED) is 0.396. The summed E-state index contributed by atoms with van der Waals surface area (Å²) in [5.41, 5.74) is 2.93. The summed E-state index contributed by atoms with van der Waals surface area (Å²) in [6.07, 6.45) is 0.305. The Morgan fingerprint density at radius 1 is 1.04 bits per heavy atom. The highest BCUT2D eigenvalue weighted by Gasteiger charge is 2.10. The molecule has 0 aliphatic rings. The largest absolute Gasteiger partial charge is 0.325 e. The number of carbonyl (C=O) groups excluding carboxylic acids is 1. The highest BCUT2D eigenvalue weighted by Crippen LogP contribution is 2.27. The number of aryl methyl sites for hydroxylation is 1. The Kier molecular flexibility index (Phi) is 5.74. The molecule has 4 rings (SSSR count). The Morgan fingerprint density at radius 2 is 1.82 bits per heavy atom. The molecule has 0 fully saturated rings. The van der Waals surface area contributed by atoms with Gasteiger partial charge in [-0.1, -0.05) is 48.5 Å². The van der Waals surface area contributed by atoms with Gasteiger partial charge in [-0.05, 0) is 41.5 Å².